The summed E-state index contributed by atoms with van der Waals surface area (Å²) in [6, 6.07) is 11.8. The zero-order valence-electron chi connectivity index (χ0n) is 17.0. The highest BCUT2D eigenvalue weighted by atomic mass is 19.1. The predicted octanol–water partition coefficient (Wildman–Crippen LogP) is 3.43. The Morgan fingerprint density at radius 1 is 1.16 bits per heavy atom. The van der Waals surface area contributed by atoms with Gasteiger partial charge in [0.15, 0.2) is 0 Å². The van der Waals surface area contributed by atoms with Crippen molar-refractivity contribution in [3.05, 3.63) is 65.7 Å². The minimum atomic E-state index is -0.438. The van der Waals surface area contributed by atoms with Crippen LogP contribution in [0.3, 0.4) is 0 Å². The molecule has 1 aromatic heterocycles. The van der Waals surface area contributed by atoms with Gasteiger partial charge in [-0.15, -0.1) is 0 Å². The predicted molar refractivity (Wildman–Crippen MR) is 111 cm³/mol. The van der Waals surface area contributed by atoms with Crippen molar-refractivity contribution < 1.29 is 18.8 Å². The molecule has 1 spiro atoms. The number of imidazole rings is 1. The molecule has 0 saturated carbocycles. The van der Waals surface area contributed by atoms with Crippen molar-refractivity contribution >= 4 is 22.8 Å². The van der Waals surface area contributed by atoms with Gasteiger partial charge in [-0.1, -0.05) is 18.2 Å². The zero-order valence-corrected chi connectivity index (χ0v) is 17.0. The van der Waals surface area contributed by atoms with E-state index in [1.165, 1.54) is 11.1 Å². The molecular weight excluding hydrogens is 399 g/mol. The van der Waals surface area contributed by atoms with E-state index >= 15 is 0 Å². The molecule has 31 heavy (non-hydrogen) atoms. The Hall–Kier alpha value is -3.26. The molecule has 3 aromatic rings. The number of amides is 2. The molecule has 0 atom stereocenters. The van der Waals surface area contributed by atoms with Crippen molar-refractivity contribution in [1.29, 1.82) is 0 Å². The lowest BCUT2D eigenvalue weighted by molar-refractivity contribution is -0.222. The Morgan fingerprint density at radius 3 is 2.77 bits per heavy atom. The number of fused-ring (bicyclic) bond motifs is 1. The van der Waals surface area contributed by atoms with Crippen LogP contribution >= 0.6 is 0 Å². The number of benzene rings is 2. The van der Waals surface area contributed by atoms with E-state index in [4.69, 9.17) is 4.84 Å². The molecule has 2 aliphatic rings. The van der Waals surface area contributed by atoms with E-state index in [0.29, 0.717) is 49.9 Å². The standard InChI is InChI=1S/C23H23FN4O3/c24-18-4-2-1-3-17(18)14-31-28-21(29)7-8-23(28)9-11-27(12-10-23)22(30)16-5-6-19-20(13-16)26-15-25-19/h1-6,13,15H,7-12,14H2,(H,25,26). The monoisotopic (exact) mass is 422 g/mol. The molecule has 2 aromatic carbocycles. The summed E-state index contributed by atoms with van der Waals surface area (Å²) in [6.45, 7) is 1.08. The largest absolute Gasteiger partial charge is 0.345 e. The second-order valence-electron chi connectivity index (χ2n) is 8.20. The van der Waals surface area contributed by atoms with Gasteiger partial charge in [-0.3, -0.25) is 14.4 Å². The smallest absolute Gasteiger partial charge is 0.253 e. The Labute approximate surface area is 178 Å². The van der Waals surface area contributed by atoms with Crippen LogP contribution in [-0.4, -0.2) is 50.4 Å². The van der Waals surface area contributed by atoms with Crippen molar-refractivity contribution in [2.45, 2.75) is 37.8 Å². The molecule has 0 unspecified atom stereocenters. The molecule has 8 heteroatoms. The van der Waals surface area contributed by atoms with Crippen LogP contribution in [-0.2, 0) is 16.2 Å². The lowest BCUT2D eigenvalue weighted by Crippen LogP contribution is -2.54. The Balaban J connectivity index is 1.26. The molecule has 5 rings (SSSR count). The Bertz CT molecular complexity index is 1140. The summed E-state index contributed by atoms with van der Waals surface area (Å²) in [5.74, 6) is -0.465. The number of halogens is 1. The number of H-pyrrole nitrogens is 1. The number of hydrogen-bond acceptors (Lipinski definition) is 4. The fourth-order valence-corrected chi connectivity index (χ4v) is 4.60. The normalized spacial score (nSPS) is 18.3. The minimum absolute atomic E-state index is 0.00695. The van der Waals surface area contributed by atoms with Gasteiger partial charge in [-0.05, 0) is 43.5 Å². The second-order valence-corrected chi connectivity index (χ2v) is 8.20. The fourth-order valence-electron chi connectivity index (χ4n) is 4.60. The van der Waals surface area contributed by atoms with E-state index < -0.39 is 5.54 Å². The number of rotatable bonds is 4. The SMILES string of the molecule is O=C(c1ccc2nc[nH]c2c1)N1CCC2(CCC(=O)N2OCc2ccccc2F)CC1. The first-order valence-corrected chi connectivity index (χ1v) is 10.5. The highest BCUT2D eigenvalue weighted by Crippen LogP contribution is 2.40. The van der Waals surface area contributed by atoms with E-state index in [1.54, 1.807) is 30.6 Å². The first-order valence-electron chi connectivity index (χ1n) is 10.5. The molecule has 0 bridgehead atoms. The summed E-state index contributed by atoms with van der Waals surface area (Å²) < 4.78 is 13.9. The molecule has 3 heterocycles. The van der Waals surface area contributed by atoms with Gasteiger partial charge in [0.2, 0.25) is 5.91 Å². The Kier molecular flexibility index (Phi) is 4.94. The molecule has 0 aliphatic carbocycles. The molecule has 1 N–H and O–H groups in total. The van der Waals surface area contributed by atoms with Crippen LogP contribution in [0, 0.1) is 5.82 Å². The summed E-state index contributed by atoms with van der Waals surface area (Å²) >= 11 is 0. The van der Waals surface area contributed by atoms with Gasteiger partial charge in [-0.25, -0.2) is 14.4 Å². The Morgan fingerprint density at radius 2 is 1.97 bits per heavy atom. The maximum Gasteiger partial charge on any atom is 0.253 e. The number of likely N-dealkylation sites (tertiary alicyclic amines) is 1. The average Bonchev–Trinajstić information content (AvgIpc) is 3.38. The summed E-state index contributed by atoms with van der Waals surface area (Å²) in [7, 11) is 0. The fraction of sp³-hybridized carbons (Fsp3) is 0.348. The first-order chi connectivity index (χ1) is 15.1. The van der Waals surface area contributed by atoms with E-state index in [-0.39, 0.29) is 24.2 Å². The third kappa shape index (κ3) is 3.57. The van der Waals surface area contributed by atoms with E-state index in [0.717, 1.165) is 11.0 Å². The van der Waals surface area contributed by atoms with E-state index in [9.17, 15) is 14.0 Å². The van der Waals surface area contributed by atoms with Crippen molar-refractivity contribution in [3.8, 4) is 0 Å². The zero-order chi connectivity index (χ0) is 21.4. The maximum atomic E-state index is 13.9. The molecule has 2 fully saturated rings. The molecule has 2 saturated heterocycles. The van der Waals surface area contributed by atoms with Gasteiger partial charge in [0, 0.05) is 30.6 Å². The van der Waals surface area contributed by atoms with Crippen LogP contribution in [0.4, 0.5) is 4.39 Å². The lowest BCUT2D eigenvalue weighted by atomic mass is 9.85. The third-order valence-electron chi connectivity index (χ3n) is 6.42. The van der Waals surface area contributed by atoms with Crippen molar-refractivity contribution in [2.24, 2.45) is 0 Å². The molecule has 2 aliphatic heterocycles. The summed E-state index contributed by atoms with van der Waals surface area (Å²) in [6.07, 6.45) is 3.96. The number of nitrogens with zero attached hydrogens (tertiary/aromatic N) is 3. The van der Waals surface area contributed by atoms with Crippen LogP contribution in [0.5, 0.6) is 0 Å². The second kappa shape index (κ2) is 7.77. The van der Waals surface area contributed by atoms with Crippen LogP contribution in [0.1, 0.15) is 41.6 Å². The molecule has 7 nitrogen and oxygen atoms in total. The third-order valence-corrected chi connectivity index (χ3v) is 6.42. The number of nitrogens with one attached hydrogen (secondary N) is 1. The molecule has 160 valence electrons. The van der Waals surface area contributed by atoms with Gasteiger partial charge in [0.25, 0.3) is 5.91 Å². The van der Waals surface area contributed by atoms with Gasteiger partial charge in [-0.2, -0.15) is 0 Å². The maximum absolute atomic E-state index is 13.9. The minimum Gasteiger partial charge on any atom is -0.345 e. The van der Waals surface area contributed by atoms with Gasteiger partial charge >= 0.3 is 0 Å². The summed E-state index contributed by atoms with van der Waals surface area (Å²) in [4.78, 5) is 40.4. The number of hydrogen-bond donors (Lipinski definition) is 1. The van der Waals surface area contributed by atoms with Crippen LogP contribution in [0.2, 0.25) is 0 Å². The van der Waals surface area contributed by atoms with Crippen LogP contribution in [0.25, 0.3) is 11.0 Å². The summed E-state index contributed by atoms with van der Waals surface area (Å²) in [5, 5.41) is 1.46. The quantitative estimate of drug-likeness (QED) is 0.699. The molecule has 0 radical (unpaired) electrons. The highest BCUT2D eigenvalue weighted by molar-refractivity contribution is 5.97. The van der Waals surface area contributed by atoms with E-state index in [2.05, 4.69) is 9.97 Å². The highest BCUT2D eigenvalue weighted by Gasteiger charge is 2.48. The first kappa shape index (κ1) is 19.7. The van der Waals surface area contributed by atoms with Crippen molar-refractivity contribution in [2.75, 3.05) is 13.1 Å². The van der Waals surface area contributed by atoms with Gasteiger partial charge in [0.05, 0.1) is 22.9 Å². The van der Waals surface area contributed by atoms with Crippen molar-refractivity contribution in [3.63, 3.8) is 0 Å². The topological polar surface area (TPSA) is 78.5 Å². The van der Waals surface area contributed by atoms with Crippen molar-refractivity contribution in [1.82, 2.24) is 19.9 Å². The average molecular weight is 422 g/mol. The summed E-state index contributed by atoms with van der Waals surface area (Å²) in [5.41, 5.74) is 2.24. The van der Waals surface area contributed by atoms with Crippen LogP contribution in [0.15, 0.2) is 48.8 Å². The number of carbonyl (C=O) groups is 2. The lowest BCUT2D eigenvalue weighted by Gasteiger charge is -2.43. The van der Waals surface area contributed by atoms with E-state index in [1.807, 2.05) is 17.0 Å². The van der Waals surface area contributed by atoms with Gasteiger partial charge < -0.3 is 9.88 Å². The number of carbonyl (C=O) groups excluding carboxylic acids is 2. The van der Waals surface area contributed by atoms with Gasteiger partial charge in [0.1, 0.15) is 12.4 Å². The van der Waals surface area contributed by atoms with Crippen LogP contribution < -0.4 is 0 Å². The number of aromatic nitrogens is 2. The number of aromatic amines is 1. The molecular formula is C23H23FN4O3. The number of piperidine rings is 1. The number of hydroxylamine groups is 2. The molecule has 2 amide bonds.